The molecule has 37 heavy (non-hydrogen) atoms. The molecule has 2 fully saturated rings. The third-order valence-electron chi connectivity index (χ3n) is 7.18. The van der Waals surface area contributed by atoms with Crippen LogP contribution in [-0.2, 0) is 0 Å². The number of nitrogens with zero attached hydrogens (tertiary/aromatic N) is 5. The molecule has 8 heteroatoms. The van der Waals surface area contributed by atoms with Crippen LogP contribution in [0.3, 0.4) is 0 Å². The molecule has 0 aliphatic carbocycles. The highest BCUT2D eigenvalue weighted by molar-refractivity contribution is 6.11. The molecule has 2 saturated heterocycles. The Morgan fingerprint density at radius 2 is 1.89 bits per heavy atom. The molecule has 0 radical (unpaired) electrons. The fraction of sp³-hybridized carbons (Fsp3) is 0.379. The van der Waals surface area contributed by atoms with Crippen LogP contribution in [0, 0.1) is 0 Å². The van der Waals surface area contributed by atoms with E-state index in [0.29, 0.717) is 11.4 Å². The van der Waals surface area contributed by atoms with Crippen LogP contribution in [0.15, 0.2) is 59.4 Å². The second kappa shape index (κ2) is 11.5. The minimum atomic E-state index is -0.262. The maximum Gasteiger partial charge on any atom is 0.276 e. The van der Waals surface area contributed by atoms with Crippen molar-refractivity contribution >= 4 is 40.6 Å². The summed E-state index contributed by atoms with van der Waals surface area (Å²) in [4.78, 5) is 26.4. The predicted octanol–water partition coefficient (Wildman–Crippen LogP) is 5.28. The SMILES string of the molecule is C=N/C=C(\C=C(/C)c1ccc2[nH]nc(C(=O)Nc3ccc(N4CCCC4)nc3)c2c1)CN1CCCCC1. The fourth-order valence-electron chi connectivity index (χ4n) is 5.19. The number of hydrogen-bond donors (Lipinski definition) is 2. The number of fused-ring (bicyclic) bond motifs is 1. The van der Waals surface area contributed by atoms with E-state index in [4.69, 9.17) is 0 Å². The Morgan fingerprint density at radius 3 is 2.62 bits per heavy atom. The van der Waals surface area contributed by atoms with Gasteiger partial charge in [0.05, 0.1) is 17.4 Å². The summed E-state index contributed by atoms with van der Waals surface area (Å²) < 4.78 is 0. The van der Waals surface area contributed by atoms with E-state index in [2.05, 4.69) is 61.1 Å². The largest absolute Gasteiger partial charge is 0.357 e. The first-order chi connectivity index (χ1) is 18.1. The number of pyridine rings is 1. The number of hydrogen-bond acceptors (Lipinski definition) is 6. The molecular formula is C29H35N7O. The maximum absolute atomic E-state index is 13.1. The normalized spacial score (nSPS) is 17.4. The Hall–Kier alpha value is -3.78. The van der Waals surface area contributed by atoms with Gasteiger partial charge in [0.2, 0.25) is 0 Å². The standard InChI is InChI=1S/C29H35N7O/c1-21(16-22(18-30-2)20-35-12-4-3-5-13-35)23-8-10-26-25(17-23)28(34-33-26)29(37)32-24-9-11-27(31-19-24)36-14-6-7-15-36/h8-11,16-19H,2-7,12-15,20H2,1H3,(H,32,37)(H,33,34)/b21-16+,22-18+. The van der Waals surface area contributed by atoms with E-state index in [0.717, 1.165) is 66.2 Å². The van der Waals surface area contributed by atoms with Gasteiger partial charge in [0.25, 0.3) is 5.91 Å². The van der Waals surface area contributed by atoms with Crippen molar-refractivity contribution in [2.75, 3.05) is 42.9 Å². The average Bonchev–Trinajstić information content (AvgIpc) is 3.60. The summed E-state index contributed by atoms with van der Waals surface area (Å²) in [6.07, 6.45) is 11.9. The maximum atomic E-state index is 13.1. The lowest BCUT2D eigenvalue weighted by molar-refractivity contribution is 0.102. The monoisotopic (exact) mass is 497 g/mol. The minimum Gasteiger partial charge on any atom is -0.357 e. The molecule has 5 rings (SSSR count). The van der Waals surface area contributed by atoms with Gasteiger partial charge in [0, 0.05) is 31.2 Å². The van der Waals surface area contributed by atoms with Crippen LogP contribution < -0.4 is 10.2 Å². The minimum absolute atomic E-state index is 0.262. The van der Waals surface area contributed by atoms with Crippen molar-refractivity contribution in [3.63, 3.8) is 0 Å². The lowest BCUT2D eigenvalue weighted by atomic mass is 10.0. The molecule has 4 heterocycles. The number of aromatic amines is 1. The van der Waals surface area contributed by atoms with E-state index in [-0.39, 0.29) is 5.91 Å². The summed E-state index contributed by atoms with van der Waals surface area (Å²) in [7, 11) is 0. The van der Waals surface area contributed by atoms with E-state index in [1.807, 2.05) is 30.5 Å². The first-order valence-corrected chi connectivity index (χ1v) is 13.2. The number of aromatic nitrogens is 3. The number of aliphatic imine (C=N–C) groups is 1. The van der Waals surface area contributed by atoms with Gasteiger partial charge in [0.1, 0.15) is 5.82 Å². The second-order valence-electron chi connectivity index (χ2n) is 9.94. The zero-order valence-electron chi connectivity index (χ0n) is 21.5. The lowest BCUT2D eigenvalue weighted by Crippen LogP contribution is -2.31. The number of anilines is 2. The molecule has 1 amide bonds. The molecule has 0 atom stereocenters. The summed E-state index contributed by atoms with van der Waals surface area (Å²) in [6.45, 7) is 10.9. The quantitative estimate of drug-likeness (QED) is 0.326. The van der Waals surface area contributed by atoms with Crippen LogP contribution in [0.5, 0.6) is 0 Å². The fourth-order valence-corrected chi connectivity index (χ4v) is 5.19. The average molecular weight is 498 g/mol. The Kier molecular flexibility index (Phi) is 7.75. The predicted molar refractivity (Wildman–Crippen MR) is 151 cm³/mol. The number of rotatable bonds is 8. The van der Waals surface area contributed by atoms with Crippen molar-refractivity contribution in [3.8, 4) is 0 Å². The molecule has 2 aliphatic rings. The third-order valence-corrected chi connectivity index (χ3v) is 7.18. The number of carbonyl (C=O) groups is 1. The van der Waals surface area contributed by atoms with Crippen molar-refractivity contribution in [1.29, 1.82) is 0 Å². The molecule has 0 unspecified atom stereocenters. The third kappa shape index (κ3) is 5.97. The number of likely N-dealkylation sites (tertiary alicyclic amines) is 1. The van der Waals surface area contributed by atoms with E-state index in [9.17, 15) is 4.79 Å². The van der Waals surface area contributed by atoms with Crippen LogP contribution in [0.4, 0.5) is 11.5 Å². The molecule has 2 aliphatic heterocycles. The first-order valence-electron chi connectivity index (χ1n) is 13.2. The lowest BCUT2D eigenvalue weighted by Gasteiger charge is -2.26. The van der Waals surface area contributed by atoms with Gasteiger partial charge in [-0.25, -0.2) is 4.98 Å². The van der Waals surface area contributed by atoms with Gasteiger partial charge >= 0.3 is 0 Å². The van der Waals surface area contributed by atoms with Crippen molar-refractivity contribution in [3.05, 3.63) is 65.6 Å². The molecular weight excluding hydrogens is 462 g/mol. The molecule has 0 bridgehead atoms. The van der Waals surface area contributed by atoms with Gasteiger partial charge in [-0.2, -0.15) is 5.10 Å². The van der Waals surface area contributed by atoms with Gasteiger partial charge in [-0.1, -0.05) is 18.6 Å². The molecule has 192 valence electrons. The van der Waals surface area contributed by atoms with Gasteiger partial charge in [0.15, 0.2) is 5.69 Å². The number of benzene rings is 1. The van der Waals surface area contributed by atoms with Gasteiger partial charge in [-0.15, -0.1) is 0 Å². The van der Waals surface area contributed by atoms with Crippen LogP contribution in [0.1, 0.15) is 55.1 Å². The van der Waals surface area contributed by atoms with Gasteiger partial charge in [-0.05, 0) is 93.4 Å². The van der Waals surface area contributed by atoms with Crippen molar-refractivity contribution in [2.24, 2.45) is 4.99 Å². The molecule has 1 aromatic carbocycles. The zero-order chi connectivity index (χ0) is 25.6. The van der Waals surface area contributed by atoms with E-state index >= 15 is 0 Å². The van der Waals surface area contributed by atoms with Gasteiger partial charge < -0.3 is 10.2 Å². The molecule has 2 aromatic heterocycles. The number of carbonyl (C=O) groups excluding carboxylic acids is 1. The van der Waals surface area contributed by atoms with Crippen molar-refractivity contribution < 1.29 is 4.79 Å². The molecule has 0 spiro atoms. The van der Waals surface area contributed by atoms with Crippen molar-refractivity contribution in [2.45, 2.75) is 39.0 Å². The number of H-pyrrole nitrogens is 1. The zero-order valence-corrected chi connectivity index (χ0v) is 21.5. The summed E-state index contributed by atoms with van der Waals surface area (Å²) in [5.41, 5.74) is 5.10. The van der Waals surface area contributed by atoms with Gasteiger partial charge in [-0.3, -0.25) is 19.8 Å². The van der Waals surface area contributed by atoms with Crippen LogP contribution in [0.25, 0.3) is 16.5 Å². The topological polar surface area (TPSA) is 89.5 Å². The van der Waals surface area contributed by atoms with Crippen LogP contribution in [-0.4, -0.2) is 65.4 Å². The molecule has 8 nitrogen and oxygen atoms in total. The Balaban J connectivity index is 1.32. The summed E-state index contributed by atoms with van der Waals surface area (Å²) in [6, 6.07) is 9.90. The molecule has 0 saturated carbocycles. The Bertz CT molecular complexity index is 1310. The molecule has 2 N–H and O–H groups in total. The second-order valence-corrected chi connectivity index (χ2v) is 9.94. The number of amides is 1. The van der Waals surface area contributed by atoms with E-state index in [1.54, 1.807) is 6.20 Å². The van der Waals surface area contributed by atoms with Crippen LogP contribution >= 0.6 is 0 Å². The van der Waals surface area contributed by atoms with E-state index < -0.39 is 0 Å². The number of allylic oxidation sites excluding steroid dienone is 1. The smallest absolute Gasteiger partial charge is 0.276 e. The Morgan fingerprint density at radius 1 is 1.11 bits per heavy atom. The van der Waals surface area contributed by atoms with Crippen molar-refractivity contribution in [1.82, 2.24) is 20.1 Å². The van der Waals surface area contributed by atoms with Crippen LogP contribution in [0.2, 0.25) is 0 Å². The number of nitrogens with one attached hydrogen (secondary N) is 2. The van der Waals surface area contributed by atoms with E-state index in [1.165, 1.54) is 32.1 Å². The summed E-state index contributed by atoms with van der Waals surface area (Å²) >= 11 is 0. The summed E-state index contributed by atoms with van der Waals surface area (Å²) in [5, 5.41) is 11.0. The highest BCUT2D eigenvalue weighted by atomic mass is 16.1. The first kappa shape index (κ1) is 24.9. The summed E-state index contributed by atoms with van der Waals surface area (Å²) in [5.74, 6) is 0.690. The Labute approximate surface area is 218 Å². The highest BCUT2D eigenvalue weighted by Gasteiger charge is 2.17. The number of piperidine rings is 1. The molecule has 3 aromatic rings. The highest BCUT2D eigenvalue weighted by Crippen LogP contribution is 2.25.